The largest absolute Gasteiger partial charge is 0.399 e. The van der Waals surface area contributed by atoms with E-state index < -0.39 is 0 Å². The van der Waals surface area contributed by atoms with E-state index in [1.54, 1.807) is 0 Å². The van der Waals surface area contributed by atoms with Gasteiger partial charge in [0.05, 0.1) is 6.33 Å². The molecule has 6 nitrogen and oxygen atoms in total. The second-order valence-corrected chi connectivity index (χ2v) is 6.01. The van der Waals surface area contributed by atoms with Crippen LogP contribution in [0.4, 0.5) is 17.2 Å². The maximum Gasteiger partial charge on any atom is 0.266 e. The quantitative estimate of drug-likeness (QED) is 0.590. The molecule has 21 heavy (non-hydrogen) atoms. The summed E-state index contributed by atoms with van der Waals surface area (Å²) in [7, 11) is 0. The number of nitrogens with two attached hydrogens (primary N) is 1. The highest BCUT2D eigenvalue weighted by Gasteiger charge is 2.20. The number of H-pyrrole nitrogens is 1. The summed E-state index contributed by atoms with van der Waals surface area (Å²) in [4.78, 5) is 23.0. The Bertz CT molecular complexity index is 677. The molecule has 0 amide bonds. The van der Waals surface area contributed by atoms with E-state index in [-0.39, 0.29) is 5.56 Å². The van der Waals surface area contributed by atoms with Crippen LogP contribution in [0.5, 0.6) is 0 Å². The van der Waals surface area contributed by atoms with Crippen LogP contribution in [0.1, 0.15) is 0 Å². The summed E-state index contributed by atoms with van der Waals surface area (Å²) >= 11 is 2.05. The van der Waals surface area contributed by atoms with E-state index in [9.17, 15) is 4.79 Å². The van der Waals surface area contributed by atoms with Gasteiger partial charge in [-0.15, -0.1) is 0 Å². The van der Waals surface area contributed by atoms with Crippen LogP contribution in [0.25, 0.3) is 0 Å². The van der Waals surface area contributed by atoms with Gasteiger partial charge in [-0.1, -0.05) is 0 Å². The van der Waals surface area contributed by atoms with Crippen molar-refractivity contribution in [2.45, 2.75) is 0 Å². The Hall–Kier alpha value is -1.77. The fraction of sp³-hybridized carbons (Fsp3) is 0.286. The van der Waals surface area contributed by atoms with Gasteiger partial charge in [0.25, 0.3) is 5.56 Å². The zero-order valence-electron chi connectivity index (χ0n) is 11.4. The SMILES string of the molecule is Nc1ccc(N2CCN(c3nc[nH]c(=O)c3I)CC2)cc1. The average molecular weight is 397 g/mol. The molecule has 0 saturated carbocycles. The first-order valence-corrected chi connectivity index (χ1v) is 7.81. The predicted octanol–water partition coefficient (Wildman–Crippen LogP) is 1.28. The number of aromatic nitrogens is 2. The molecule has 0 spiro atoms. The molecular formula is C14H16IN5O. The highest BCUT2D eigenvalue weighted by atomic mass is 127. The van der Waals surface area contributed by atoms with Crippen LogP contribution in [0.3, 0.4) is 0 Å². The summed E-state index contributed by atoms with van der Waals surface area (Å²) in [6.45, 7) is 3.48. The van der Waals surface area contributed by atoms with Crippen molar-refractivity contribution in [2.24, 2.45) is 0 Å². The number of hydrogen-bond donors (Lipinski definition) is 2. The van der Waals surface area contributed by atoms with Gasteiger partial charge in [0.2, 0.25) is 0 Å². The maximum absolute atomic E-state index is 11.6. The van der Waals surface area contributed by atoms with E-state index in [2.05, 4.69) is 42.4 Å². The van der Waals surface area contributed by atoms with Gasteiger partial charge in [-0.05, 0) is 46.9 Å². The topological polar surface area (TPSA) is 78.2 Å². The van der Waals surface area contributed by atoms with Gasteiger partial charge < -0.3 is 20.5 Å². The third kappa shape index (κ3) is 2.97. The molecule has 7 heteroatoms. The lowest BCUT2D eigenvalue weighted by Crippen LogP contribution is -2.47. The number of hydrogen-bond acceptors (Lipinski definition) is 5. The van der Waals surface area contributed by atoms with E-state index in [1.807, 2.05) is 24.3 Å². The molecule has 0 aliphatic carbocycles. The smallest absolute Gasteiger partial charge is 0.266 e. The molecule has 1 aromatic heterocycles. The van der Waals surface area contributed by atoms with Gasteiger partial charge in [0.15, 0.2) is 0 Å². The van der Waals surface area contributed by atoms with Gasteiger partial charge in [-0.3, -0.25) is 4.79 Å². The first-order chi connectivity index (χ1) is 10.1. The third-order valence-electron chi connectivity index (χ3n) is 3.62. The van der Waals surface area contributed by atoms with Crippen LogP contribution in [0, 0.1) is 3.57 Å². The van der Waals surface area contributed by atoms with Crippen LogP contribution in [0.2, 0.25) is 0 Å². The molecule has 1 fully saturated rings. The second-order valence-electron chi connectivity index (χ2n) is 4.93. The van der Waals surface area contributed by atoms with E-state index >= 15 is 0 Å². The van der Waals surface area contributed by atoms with Crippen LogP contribution < -0.4 is 21.1 Å². The molecule has 0 atom stereocenters. The number of halogens is 1. The minimum atomic E-state index is -0.0819. The standard InChI is InChI=1S/C14H16IN5O/c15-12-13(17-9-18-14(12)21)20-7-5-19(6-8-20)11-3-1-10(16)2-4-11/h1-4,9H,5-8,16H2,(H,17,18,21). The number of anilines is 3. The number of piperazine rings is 1. The lowest BCUT2D eigenvalue weighted by atomic mass is 10.2. The van der Waals surface area contributed by atoms with Crippen molar-refractivity contribution < 1.29 is 0 Å². The number of benzene rings is 1. The number of aromatic amines is 1. The molecule has 2 heterocycles. The van der Waals surface area contributed by atoms with E-state index in [1.165, 1.54) is 12.0 Å². The molecule has 0 bridgehead atoms. The normalized spacial score (nSPS) is 15.3. The van der Waals surface area contributed by atoms with Crippen molar-refractivity contribution in [3.05, 3.63) is 44.5 Å². The minimum Gasteiger partial charge on any atom is -0.399 e. The molecule has 1 aliphatic rings. The van der Waals surface area contributed by atoms with Crippen LogP contribution in [-0.2, 0) is 0 Å². The van der Waals surface area contributed by atoms with E-state index in [0.717, 1.165) is 37.7 Å². The summed E-state index contributed by atoms with van der Waals surface area (Å²) in [6.07, 6.45) is 1.46. The molecule has 3 N–H and O–H groups in total. The van der Waals surface area contributed by atoms with Crippen molar-refractivity contribution in [1.29, 1.82) is 0 Å². The Morgan fingerprint density at radius 1 is 1.10 bits per heavy atom. The highest BCUT2D eigenvalue weighted by Crippen LogP contribution is 2.21. The molecule has 1 aromatic carbocycles. The van der Waals surface area contributed by atoms with E-state index in [4.69, 9.17) is 5.73 Å². The fourth-order valence-corrected chi connectivity index (χ4v) is 3.09. The maximum atomic E-state index is 11.6. The average Bonchev–Trinajstić information content (AvgIpc) is 2.51. The summed E-state index contributed by atoms with van der Waals surface area (Å²) in [6, 6.07) is 7.92. The first kappa shape index (κ1) is 14.2. The highest BCUT2D eigenvalue weighted by molar-refractivity contribution is 14.1. The van der Waals surface area contributed by atoms with Gasteiger partial charge in [-0.2, -0.15) is 0 Å². The Morgan fingerprint density at radius 2 is 1.71 bits per heavy atom. The Morgan fingerprint density at radius 3 is 2.38 bits per heavy atom. The summed E-state index contributed by atoms with van der Waals surface area (Å²) in [5, 5.41) is 0. The number of rotatable bonds is 2. The van der Waals surface area contributed by atoms with Crippen molar-refractivity contribution in [2.75, 3.05) is 41.7 Å². The molecule has 110 valence electrons. The summed E-state index contributed by atoms with van der Waals surface area (Å²) < 4.78 is 0.649. The van der Waals surface area contributed by atoms with Gasteiger partial charge in [0.1, 0.15) is 9.39 Å². The third-order valence-corrected chi connectivity index (χ3v) is 4.59. The van der Waals surface area contributed by atoms with E-state index in [0.29, 0.717) is 3.57 Å². The van der Waals surface area contributed by atoms with Crippen molar-refractivity contribution in [1.82, 2.24) is 9.97 Å². The summed E-state index contributed by atoms with van der Waals surface area (Å²) in [5.41, 5.74) is 7.59. The molecule has 2 aromatic rings. The minimum absolute atomic E-state index is 0.0819. The molecular weight excluding hydrogens is 381 g/mol. The molecule has 0 unspecified atom stereocenters. The number of nitrogen functional groups attached to an aromatic ring is 1. The van der Waals surface area contributed by atoms with Crippen LogP contribution >= 0.6 is 22.6 Å². The summed E-state index contributed by atoms with van der Waals surface area (Å²) in [5.74, 6) is 0.774. The first-order valence-electron chi connectivity index (χ1n) is 6.74. The van der Waals surface area contributed by atoms with Gasteiger partial charge >= 0.3 is 0 Å². The van der Waals surface area contributed by atoms with Crippen molar-refractivity contribution in [3.8, 4) is 0 Å². The lowest BCUT2D eigenvalue weighted by molar-refractivity contribution is 0.645. The van der Waals surface area contributed by atoms with Crippen molar-refractivity contribution in [3.63, 3.8) is 0 Å². The number of nitrogens with one attached hydrogen (secondary N) is 1. The molecule has 3 rings (SSSR count). The predicted molar refractivity (Wildman–Crippen MR) is 92.9 cm³/mol. The van der Waals surface area contributed by atoms with Gasteiger partial charge in [-0.25, -0.2) is 4.98 Å². The Labute approximate surface area is 136 Å². The second kappa shape index (κ2) is 5.92. The molecule has 1 aliphatic heterocycles. The zero-order chi connectivity index (χ0) is 14.8. The van der Waals surface area contributed by atoms with Crippen LogP contribution in [-0.4, -0.2) is 36.1 Å². The molecule has 0 radical (unpaired) electrons. The Kier molecular flexibility index (Phi) is 4.00. The van der Waals surface area contributed by atoms with Gasteiger partial charge in [0, 0.05) is 37.6 Å². The number of nitrogens with zero attached hydrogens (tertiary/aromatic N) is 3. The zero-order valence-corrected chi connectivity index (χ0v) is 13.6. The fourth-order valence-electron chi connectivity index (χ4n) is 2.46. The van der Waals surface area contributed by atoms with Crippen molar-refractivity contribution >= 4 is 39.8 Å². The molecule has 1 saturated heterocycles. The Balaban J connectivity index is 1.71. The van der Waals surface area contributed by atoms with Crippen LogP contribution in [0.15, 0.2) is 35.4 Å². The lowest BCUT2D eigenvalue weighted by Gasteiger charge is -2.36. The monoisotopic (exact) mass is 397 g/mol.